The molecule has 0 aliphatic rings. The molecule has 0 aromatic rings. The molecule has 4 nitrogen and oxygen atoms in total. The number of ether oxygens (including phenoxy) is 2. The molecule has 0 bridgehead atoms. The minimum Gasteiger partial charge on any atom is -0.356 e. The maximum atomic E-state index is 12.3. The molecule has 0 saturated heterocycles. The summed E-state index contributed by atoms with van der Waals surface area (Å²) in [7, 11) is 0.650. The van der Waals surface area contributed by atoms with Crippen LogP contribution in [0.1, 0.15) is 46.0 Å². The quantitative estimate of drug-likeness (QED) is 0.401. The standard InChI is InChI=1S/C14H31O4P/c1-6-8-9-13(7-2)12-18-19(5,15)11-10-14(16-3)17-4/h13-14H,6-12H2,1-5H3. The second-order valence-electron chi connectivity index (χ2n) is 5.14. The third-order valence-electron chi connectivity index (χ3n) is 3.42. The molecule has 0 aromatic carbocycles. The van der Waals surface area contributed by atoms with Gasteiger partial charge in [0.25, 0.3) is 0 Å². The first kappa shape index (κ1) is 19.1. The van der Waals surface area contributed by atoms with E-state index in [0.717, 1.165) is 12.8 Å². The van der Waals surface area contributed by atoms with Gasteiger partial charge in [0.2, 0.25) is 0 Å². The summed E-state index contributed by atoms with van der Waals surface area (Å²) in [6, 6.07) is 0. The topological polar surface area (TPSA) is 44.8 Å². The fraction of sp³-hybridized carbons (Fsp3) is 1.00. The van der Waals surface area contributed by atoms with Crippen molar-refractivity contribution in [1.82, 2.24) is 0 Å². The Labute approximate surface area is 118 Å². The zero-order valence-electron chi connectivity index (χ0n) is 13.2. The highest BCUT2D eigenvalue weighted by Crippen LogP contribution is 2.44. The maximum Gasteiger partial charge on any atom is 0.200 e. The third-order valence-corrected chi connectivity index (χ3v) is 5.19. The number of methoxy groups -OCH3 is 2. The Balaban J connectivity index is 4.03. The average molecular weight is 294 g/mol. The van der Waals surface area contributed by atoms with Gasteiger partial charge in [-0.2, -0.15) is 0 Å². The summed E-state index contributed by atoms with van der Waals surface area (Å²) < 4.78 is 28.2. The van der Waals surface area contributed by atoms with Gasteiger partial charge in [-0.3, -0.25) is 4.57 Å². The van der Waals surface area contributed by atoms with Crippen LogP contribution in [0.25, 0.3) is 0 Å². The molecule has 0 aromatic heterocycles. The molecule has 0 rings (SSSR count). The molecule has 0 radical (unpaired) electrons. The van der Waals surface area contributed by atoms with Crippen LogP contribution in [0.3, 0.4) is 0 Å². The summed E-state index contributed by atoms with van der Waals surface area (Å²) in [6.45, 7) is 6.67. The molecule has 0 spiro atoms. The monoisotopic (exact) mass is 294 g/mol. The van der Waals surface area contributed by atoms with E-state index in [2.05, 4.69) is 13.8 Å². The number of hydrogen-bond donors (Lipinski definition) is 0. The lowest BCUT2D eigenvalue weighted by Crippen LogP contribution is -2.15. The van der Waals surface area contributed by atoms with Gasteiger partial charge in [0.1, 0.15) is 0 Å². The molecule has 0 fully saturated rings. The van der Waals surface area contributed by atoms with Crippen LogP contribution in [-0.2, 0) is 18.6 Å². The Morgan fingerprint density at radius 1 is 1.11 bits per heavy atom. The van der Waals surface area contributed by atoms with Crippen molar-refractivity contribution in [3.63, 3.8) is 0 Å². The van der Waals surface area contributed by atoms with Gasteiger partial charge < -0.3 is 14.0 Å². The summed E-state index contributed by atoms with van der Waals surface area (Å²) in [5.74, 6) is 0.522. The highest BCUT2D eigenvalue weighted by molar-refractivity contribution is 7.58. The molecule has 2 atom stereocenters. The molecule has 0 N–H and O–H groups in total. The van der Waals surface area contributed by atoms with E-state index in [0.29, 0.717) is 25.1 Å². The van der Waals surface area contributed by atoms with E-state index < -0.39 is 7.37 Å². The Morgan fingerprint density at radius 3 is 2.21 bits per heavy atom. The first-order valence-electron chi connectivity index (χ1n) is 7.25. The molecule has 116 valence electrons. The van der Waals surface area contributed by atoms with Gasteiger partial charge in [-0.15, -0.1) is 0 Å². The number of hydrogen-bond acceptors (Lipinski definition) is 4. The van der Waals surface area contributed by atoms with Crippen molar-refractivity contribution in [3.05, 3.63) is 0 Å². The van der Waals surface area contributed by atoms with Gasteiger partial charge in [-0.1, -0.05) is 33.1 Å². The van der Waals surface area contributed by atoms with Crippen molar-refractivity contribution >= 4 is 7.37 Å². The van der Waals surface area contributed by atoms with Crippen molar-refractivity contribution in [3.8, 4) is 0 Å². The second kappa shape index (κ2) is 10.8. The predicted molar refractivity (Wildman–Crippen MR) is 80.1 cm³/mol. The molecule has 0 amide bonds. The SMILES string of the molecule is CCCCC(CC)COP(C)(=O)CCC(OC)OC. The summed E-state index contributed by atoms with van der Waals surface area (Å²) in [5.41, 5.74) is 0. The Kier molecular flexibility index (Phi) is 10.9. The molecular formula is C14H31O4P. The van der Waals surface area contributed by atoms with E-state index in [4.69, 9.17) is 14.0 Å². The van der Waals surface area contributed by atoms with Crippen LogP contribution in [0.5, 0.6) is 0 Å². The van der Waals surface area contributed by atoms with Gasteiger partial charge in [0.15, 0.2) is 13.7 Å². The third kappa shape index (κ3) is 9.61. The minimum absolute atomic E-state index is 0.293. The van der Waals surface area contributed by atoms with Gasteiger partial charge in [-0.25, -0.2) is 0 Å². The smallest absolute Gasteiger partial charge is 0.200 e. The van der Waals surface area contributed by atoms with Crippen LogP contribution in [-0.4, -0.2) is 39.9 Å². The van der Waals surface area contributed by atoms with Crippen LogP contribution < -0.4 is 0 Å². The Hall–Kier alpha value is 0.110. The minimum atomic E-state index is -2.53. The summed E-state index contributed by atoms with van der Waals surface area (Å²) >= 11 is 0. The van der Waals surface area contributed by atoms with E-state index >= 15 is 0 Å². The lowest BCUT2D eigenvalue weighted by atomic mass is 10.0. The van der Waals surface area contributed by atoms with Crippen LogP contribution in [0.15, 0.2) is 0 Å². The normalized spacial score (nSPS) is 16.5. The summed E-state index contributed by atoms with van der Waals surface area (Å²) in [6.07, 6.45) is 5.47. The zero-order valence-corrected chi connectivity index (χ0v) is 14.1. The van der Waals surface area contributed by atoms with Crippen molar-refractivity contribution in [2.24, 2.45) is 5.92 Å². The maximum absolute atomic E-state index is 12.3. The van der Waals surface area contributed by atoms with E-state index in [9.17, 15) is 4.57 Å². The van der Waals surface area contributed by atoms with Gasteiger partial charge >= 0.3 is 0 Å². The molecule has 0 heterocycles. The lowest BCUT2D eigenvalue weighted by Gasteiger charge is -2.20. The zero-order chi connectivity index (χ0) is 14.7. The van der Waals surface area contributed by atoms with Crippen LogP contribution in [0.2, 0.25) is 0 Å². The Bertz CT molecular complexity index is 254. The molecular weight excluding hydrogens is 263 g/mol. The van der Waals surface area contributed by atoms with Crippen LogP contribution in [0.4, 0.5) is 0 Å². The van der Waals surface area contributed by atoms with E-state index in [1.54, 1.807) is 20.9 Å². The molecule has 0 aliphatic heterocycles. The van der Waals surface area contributed by atoms with Crippen molar-refractivity contribution in [2.45, 2.75) is 52.2 Å². The van der Waals surface area contributed by atoms with E-state index in [1.165, 1.54) is 12.8 Å². The molecule has 5 heteroatoms. The Morgan fingerprint density at radius 2 is 1.74 bits per heavy atom. The highest BCUT2D eigenvalue weighted by atomic mass is 31.2. The first-order chi connectivity index (χ1) is 8.99. The molecule has 0 saturated carbocycles. The van der Waals surface area contributed by atoms with Crippen LogP contribution >= 0.6 is 7.37 Å². The van der Waals surface area contributed by atoms with Crippen LogP contribution in [0, 0.1) is 5.92 Å². The van der Waals surface area contributed by atoms with Gasteiger partial charge in [0, 0.05) is 33.5 Å². The van der Waals surface area contributed by atoms with E-state index in [1.807, 2.05) is 0 Å². The summed E-state index contributed by atoms with van der Waals surface area (Å²) in [5, 5.41) is 0. The molecule has 2 unspecified atom stereocenters. The largest absolute Gasteiger partial charge is 0.356 e. The number of rotatable bonds is 12. The first-order valence-corrected chi connectivity index (χ1v) is 9.51. The van der Waals surface area contributed by atoms with E-state index in [-0.39, 0.29) is 6.29 Å². The fourth-order valence-electron chi connectivity index (χ4n) is 1.90. The van der Waals surface area contributed by atoms with Crippen molar-refractivity contribution in [1.29, 1.82) is 0 Å². The lowest BCUT2D eigenvalue weighted by molar-refractivity contribution is -0.103. The summed E-state index contributed by atoms with van der Waals surface area (Å²) in [4.78, 5) is 0. The molecule has 0 aliphatic carbocycles. The van der Waals surface area contributed by atoms with Crippen molar-refractivity contribution < 1.29 is 18.6 Å². The second-order valence-corrected chi connectivity index (χ2v) is 7.87. The molecule has 19 heavy (non-hydrogen) atoms. The highest BCUT2D eigenvalue weighted by Gasteiger charge is 2.20. The average Bonchev–Trinajstić information content (AvgIpc) is 2.40. The fourth-order valence-corrected chi connectivity index (χ4v) is 3.23. The van der Waals surface area contributed by atoms with Gasteiger partial charge in [0.05, 0.1) is 6.61 Å². The number of unbranched alkanes of at least 4 members (excludes halogenated alkanes) is 1. The van der Waals surface area contributed by atoms with Crippen molar-refractivity contribution in [2.75, 3.05) is 33.7 Å². The van der Waals surface area contributed by atoms with Gasteiger partial charge in [-0.05, 0) is 12.3 Å². The predicted octanol–water partition coefficient (Wildman–Crippen LogP) is 4.14.